The zero-order valence-electron chi connectivity index (χ0n) is 12.7. The Labute approximate surface area is 125 Å². The molecule has 0 atom stereocenters. The van der Waals surface area contributed by atoms with Crippen molar-refractivity contribution in [1.29, 1.82) is 0 Å². The molecule has 0 fully saturated rings. The van der Waals surface area contributed by atoms with Crippen LogP contribution in [0.25, 0.3) is 0 Å². The lowest BCUT2D eigenvalue weighted by Crippen LogP contribution is -2.41. The Balaban J connectivity index is 2.48. The van der Waals surface area contributed by atoms with Crippen molar-refractivity contribution in [3.05, 3.63) is 29.8 Å². The maximum absolute atomic E-state index is 12.0. The van der Waals surface area contributed by atoms with Gasteiger partial charge in [0.1, 0.15) is 0 Å². The molecule has 0 aromatic heterocycles. The third-order valence-electron chi connectivity index (χ3n) is 3.03. The summed E-state index contributed by atoms with van der Waals surface area (Å²) < 4.78 is 0. The van der Waals surface area contributed by atoms with Gasteiger partial charge in [0.2, 0.25) is 11.8 Å². The van der Waals surface area contributed by atoms with Crippen molar-refractivity contribution in [3.63, 3.8) is 0 Å². The van der Waals surface area contributed by atoms with Gasteiger partial charge in [0.25, 0.3) is 0 Å². The van der Waals surface area contributed by atoms with Gasteiger partial charge in [-0.05, 0) is 31.2 Å². The van der Waals surface area contributed by atoms with Gasteiger partial charge in [-0.25, -0.2) is 0 Å². The largest absolute Gasteiger partial charge is 0.355 e. The van der Waals surface area contributed by atoms with Crippen LogP contribution in [0.1, 0.15) is 19.4 Å². The Morgan fingerprint density at radius 2 is 1.71 bits per heavy atom. The van der Waals surface area contributed by atoms with Crippen molar-refractivity contribution >= 4 is 17.5 Å². The number of amides is 2. The molecule has 21 heavy (non-hydrogen) atoms. The van der Waals surface area contributed by atoms with Crippen LogP contribution in [0.15, 0.2) is 24.3 Å². The zero-order valence-corrected chi connectivity index (χ0v) is 12.7. The highest BCUT2D eigenvalue weighted by atomic mass is 16.2. The fraction of sp³-hybridized carbons (Fsp3) is 0.467. The second-order valence-corrected chi connectivity index (χ2v) is 4.71. The number of rotatable bonds is 8. The smallest absolute Gasteiger partial charge is 0.238 e. The molecule has 0 aliphatic heterocycles. The standard InChI is InChI=1S/C15H24N4O2/c1-3-17-14(20)10-19(4-2)11-15(21)18-13-7-5-12(9-16)6-8-13/h5-8H,3-4,9-11,16H2,1-2H3,(H,17,20)(H,18,21). The second kappa shape index (κ2) is 9.10. The molecule has 0 saturated heterocycles. The summed E-state index contributed by atoms with van der Waals surface area (Å²) in [5, 5.41) is 5.53. The summed E-state index contributed by atoms with van der Waals surface area (Å²) in [6.07, 6.45) is 0. The molecule has 6 heteroatoms. The first-order valence-corrected chi connectivity index (χ1v) is 7.16. The summed E-state index contributed by atoms with van der Waals surface area (Å²) in [7, 11) is 0. The highest BCUT2D eigenvalue weighted by Crippen LogP contribution is 2.09. The first-order valence-electron chi connectivity index (χ1n) is 7.16. The summed E-state index contributed by atoms with van der Waals surface area (Å²) in [5.41, 5.74) is 7.27. The van der Waals surface area contributed by atoms with Crippen molar-refractivity contribution in [2.24, 2.45) is 5.73 Å². The molecule has 0 saturated carbocycles. The predicted octanol–water partition coefficient (Wildman–Crippen LogP) is 0.542. The molecular formula is C15H24N4O2. The number of nitrogens with one attached hydrogen (secondary N) is 2. The van der Waals surface area contributed by atoms with Crippen LogP contribution in [0.2, 0.25) is 0 Å². The van der Waals surface area contributed by atoms with Crippen LogP contribution in [0, 0.1) is 0 Å². The van der Waals surface area contributed by atoms with E-state index in [-0.39, 0.29) is 24.9 Å². The van der Waals surface area contributed by atoms with E-state index in [1.54, 1.807) is 4.90 Å². The molecule has 1 aromatic carbocycles. The normalized spacial score (nSPS) is 10.5. The van der Waals surface area contributed by atoms with Crippen molar-refractivity contribution < 1.29 is 9.59 Å². The molecule has 0 aliphatic rings. The molecule has 0 bridgehead atoms. The van der Waals surface area contributed by atoms with Gasteiger partial charge in [-0.3, -0.25) is 14.5 Å². The highest BCUT2D eigenvalue weighted by Gasteiger charge is 2.12. The summed E-state index contributed by atoms with van der Waals surface area (Å²) in [4.78, 5) is 25.3. The first-order chi connectivity index (χ1) is 10.1. The minimum atomic E-state index is -0.137. The van der Waals surface area contributed by atoms with Crippen LogP contribution in [0.3, 0.4) is 0 Å². The van der Waals surface area contributed by atoms with Crippen LogP contribution in [0.5, 0.6) is 0 Å². The van der Waals surface area contributed by atoms with Crippen molar-refractivity contribution in [1.82, 2.24) is 10.2 Å². The summed E-state index contributed by atoms with van der Waals surface area (Å²) in [6, 6.07) is 7.39. The average molecular weight is 292 g/mol. The minimum absolute atomic E-state index is 0.0700. The van der Waals surface area contributed by atoms with Gasteiger partial charge in [-0.2, -0.15) is 0 Å². The van der Waals surface area contributed by atoms with E-state index in [0.29, 0.717) is 19.6 Å². The molecule has 0 unspecified atom stereocenters. The number of hydrogen-bond acceptors (Lipinski definition) is 4. The van der Waals surface area contributed by atoms with E-state index < -0.39 is 0 Å². The molecule has 0 radical (unpaired) electrons. The van der Waals surface area contributed by atoms with Crippen LogP contribution in [0.4, 0.5) is 5.69 Å². The van der Waals surface area contributed by atoms with E-state index in [0.717, 1.165) is 11.3 Å². The van der Waals surface area contributed by atoms with Crippen LogP contribution < -0.4 is 16.4 Å². The third kappa shape index (κ3) is 6.37. The molecule has 0 aliphatic carbocycles. The van der Waals surface area contributed by atoms with E-state index in [2.05, 4.69) is 10.6 Å². The Hall–Kier alpha value is -1.92. The van der Waals surface area contributed by atoms with Gasteiger partial charge in [-0.15, -0.1) is 0 Å². The number of anilines is 1. The monoisotopic (exact) mass is 292 g/mol. The number of nitrogens with zero attached hydrogens (tertiary/aromatic N) is 1. The molecule has 4 N–H and O–H groups in total. The quantitative estimate of drug-likeness (QED) is 0.652. The van der Waals surface area contributed by atoms with E-state index in [9.17, 15) is 9.59 Å². The van der Waals surface area contributed by atoms with Gasteiger partial charge in [0.05, 0.1) is 13.1 Å². The molecule has 0 heterocycles. The third-order valence-corrected chi connectivity index (χ3v) is 3.03. The van der Waals surface area contributed by atoms with Gasteiger partial charge in [-0.1, -0.05) is 19.1 Å². The fourth-order valence-electron chi connectivity index (χ4n) is 1.86. The van der Waals surface area contributed by atoms with E-state index in [1.165, 1.54) is 0 Å². The lowest BCUT2D eigenvalue weighted by molar-refractivity contribution is -0.123. The molecule has 1 aromatic rings. The van der Waals surface area contributed by atoms with E-state index in [1.807, 2.05) is 38.1 Å². The summed E-state index contributed by atoms with van der Waals surface area (Å²) in [6.45, 7) is 5.90. The Morgan fingerprint density at radius 1 is 1.10 bits per heavy atom. The highest BCUT2D eigenvalue weighted by molar-refractivity contribution is 5.92. The molecule has 6 nitrogen and oxygen atoms in total. The Morgan fingerprint density at radius 3 is 2.24 bits per heavy atom. The first kappa shape index (κ1) is 17.1. The molecule has 0 spiro atoms. The van der Waals surface area contributed by atoms with Gasteiger partial charge in [0.15, 0.2) is 0 Å². The van der Waals surface area contributed by atoms with Gasteiger partial charge in [0, 0.05) is 18.8 Å². The minimum Gasteiger partial charge on any atom is -0.355 e. The number of carbonyl (C=O) groups excluding carboxylic acids is 2. The zero-order chi connectivity index (χ0) is 15.7. The van der Waals surface area contributed by atoms with Gasteiger partial charge < -0.3 is 16.4 Å². The molecule has 2 amide bonds. The number of nitrogens with two attached hydrogens (primary N) is 1. The van der Waals surface area contributed by atoms with Gasteiger partial charge >= 0.3 is 0 Å². The Kier molecular flexibility index (Phi) is 7.42. The lowest BCUT2D eigenvalue weighted by atomic mass is 10.2. The topological polar surface area (TPSA) is 87.5 Å². The number of benzene rings is 1. The fourth-order valence-corrected chi connectivity index (χ4v) is 1.86. The van der Waals surface area contributed by atoms with Crippen LogP contribution in [-0.4, -0.2) is 42.9 Å². The Bertz CT molecular complexity index is 459. The number of hydrogen-bond donors (Lipinski definition) is 3. The molecule has 116 valence electrons. The van der Waals surface area contributed by atoms with Crippen molar-refractivity contribution in [3.8, 4) is 0 Å². The summed E-state index contributed by atoms with van der Waals surface area (Å²) in [5.74, 6) is -0.207. The lowest BCUT2D eigenvalue weighted by Gasteiger charge is -2.19. The number of carbonyl (C=O) groups is 2. The second-order valence-electron chi connectivity index (χ2n) is 4.71. The predicted molar refractivity (Wildman–Crippen MR) is 83.8 cm³/mol. The maximum Gasteiger partial charge on any atom is 0.238 e. The SMILES string of the molecule is CCNC(=O)CN(CC)CC(=O)Nc1ccc(CN)cc1. The number of likely N-dealkylation sites (N-methyl/N-ethyl adjacent to an activating group) is 2. The molecular weight excluding hydrogens is 268 g/mol. The van der Waals surface area contributed by atoms with Crippen molar-refractivity contribution in [2.45, 2.75) is 20.4 Å². The summed E-state index contributed by atoms with van der Waals surface area (Å²) >= 11 is 0. The van der Waals surface area contributed by atoms with Crippen molar-refractivity contribution in [2.75, 3.05) is 31.5 Å². The van der Waals surface area contributed by atoms with E-state index in [4.69, 9.17) is 5.73 Å². The van der Waals surface area contributed by atoms with Crippen LogP contribution >= 0.6 is 0 Å². The molecule has 1 rings (SSSR count). The average Bonchev–Trinajstić information content (AvgIpc) is 2.47. The van der Waals surface area contributed by atoms with E-state index >= 15 is 0 Å². The van der Waals surface area contributed by atoms with Crippen LogP contribution in [-0.2, 0) is 16.1 Å². The maximum atomic E-state index is 12.0.